The SMILES string of the molecule is CCN(CC)C1CCN(C(C)CNCCC(C)C)C1. The normalized spacial score (nSPS) is 22.6. The van der Waals surface area contributed by atoms with Crippen LogP contribution in [0.1, 0.15) is 47.5 Å². The van der Waals surface area contributed by atoms with Crippen molar-refractivity contribution in [3.63, 3.8) is 0 Å². The molecule has 0 amide bonds. The number of nitrogens with zero attached hydrogens (tertiary/aromatic N) is 2. The van der Waals surface area contributed by atoms with Gasteiger partial charge in [0, 0.05) is 31.7 Å². The molecule has 0 spiro atoms. The molecule has 3 nitrogen and oxygen atoms in total. The van der Waals surface area contributed by atoms with E-state index in [1.807, 2.05) is 0 Å². The smallest absolute Gasteiger partial charge is 0.0235 e. The van der Waals surface area contributed by atoms with Crippen molar-refractivity contribution in [1.29, 1.82) is 0 Å². The molecule has 0 aliphatic carbocycles. The molecule has 1 rings (SSSR count). The fraction of sp³-hybridized carbons (Fsp3) is 1.00. The lowest BCUT2D eigenvalue weighted by Crippen LogP contribution is -2.42. The Balaban J connectivity index is 2.22. The van der Waals surface area contributed by atoms with Gasteiger partial charge in [0.15, 0.2) is 0 Å². The Morgan fingerprint density at radius 1 is 1.21 bits per heavy atom. The standard InChI is InChI=1S/C16H35N3/c1-6-18(7-2)16-9-11-19(13-16)15(5)12-17-10-8-14(3)4/h14-17H,6-13H2,1-5H3. The predicted molar refractivity (Wildman–Crippen MR) is 84.7 cm³/mol. The van der Waals surface area contributed by atoms with Crippen LogP contribution >= 0.6 is 0 Å². The Labute approximate surface area is 120 Å². The lowest BCUT2D eigenvalue weighted by molar-refractivity contribution is 0.191. The summed E-state index contributed by atoms with van der Waals surface area (Å²) in [5.74, 6) is 0.807. The summed E-state index contributed by atoms with van der Waals surface area (Å²) in [5.41, 5.74) is 0. The van der Waals surface area contributed by atoms with Gasteiger partial charge < -0.3 is 5.32 Å². The van der Waals surface area contributed by atoms with Gasteiger partial charge >= 0.3 is 0 Å². The third-order valence-corrected chi connectivity index (χ3v) is 4.49. The number of likely N-dealkylation sites (tertiary alicyclic amines) is 1. The minimum Gasteiger partial charge on any atom is -0.315 e. The van der Waals surface area contributed by atoms with E-state index in [1.54, 1.807) is 0 Å². The molecule has 1 aliphatic heterocycles. The molecule has 0 saturated carbocycles. The zero-order valence-corrected chi connectivity index (χ0v) is 13.8. The molecule has 0 bridgehead atoms. The minimum atomic E-state index is 0.674. The lowest BCUT2D eigenvalue weighted by Gasteiger charge is -2.28. The van der Waals surface area contributed by atoms with E-state index < -0.39 is 0 Å². The molecule has 0 aromatic carbocycles. The van der Waals surface area contributed by atoms with Crippen LogP contribution in [0.25, 0.3) is 0 Å². The van der Waals surface area contributed by atoms with E-state index in [9.17, 15) is 0 Å². The summed E-state index contributed by atoms with van der Waals surface area (Å²) < 4.78 is 0. The Morgan fingerprint density at radius 3 is 2.47 bits per heavy atom. The second kappa shape index (κ2) is 8.93. The molecule has 114 valence electrons. The highest BCUT2D eigenvalue weighted by atomic mass is 15.3. The van der Waals surface area contributed by atoms with Crippen molar-refractivity contribution in [2.24, 2.45) is 5.92 Å². The second-order valence-electron chi connectivity index (χ2n) is 6.39. The zero-order valence-electron chi connectivity index (χ0n) is 13.8. The summed E-state index contributed by atoms with van der Waals surface area (Å²) in [6, 6.07) is 1.46. The van der Waals surface area contributed by atoms with Crippen LogP contribution in [0.4, 0.5) is 0 Å². The van der Waals surface area contributed by atoms with E-state index in [-0.39, 0.29) is 0 Å². The van der Waals surface area contributed by atoms with Crippen molar-refractivity contribution >= 4 is 0 Å². The highest BCUT2D eigenvalue weighted by molar-refractivity contribution is 4.85. The van der Waals surface area contributed by atoms with Gasteiger partial charge in [-0.25, -0.2) is 0 Å². The fourth-order valence-electron chi connectivity index (χ4n) is 3.04. The zero-order chi connectivity index (χ0) is 14.3. The van der Waals surface area contributed by atoms with Gasteiger partial charge in [-0.2, -0.15) is 0 Å². The summed E-state index contributed by atoms with van der Waals surface area (Å²) in [4.78, 5) is 5.27. The Morgan fingerprint density at radius 2 is 1.89 bits per heavy atom. The number of hydrogen-bond donors (Lipinski definition) is 1. The maximum Gasteiger partial charge on any atom is 0.0235 e. The molecular formula is C16H35N3. The summed E-state index contributed by atoms with van der Waals surface area (Å²) >= 11 is 0. The molecule has 1 N–H and O–H groups in total. The van der Waals surface area contributed by atoms with E-state index in [0.29, 0.717) is 6.04 Å². The van der Waals surface area contributed by atoms with Gasteiger partial charge in [0.2, 0.25) is 0 Å². The van der Waals surface area contributed by atoms with Crippen molar-refractivity contribution in [2.45, 2.75) is 59.5 Å². The average molecular weight is 269 g/mol. The average Bonchev–Trinajstić information content (AvgIpc) is 2.85. The maximum atomic E-state index is 3.61. The maximum absolute atomic E-state index is 3.61. The molecule has 2 unspecified atom stereocenters. The van der Waals surface area contributed by atoms with Crippen LogP contribution < -0.4 is 5.32 Å². The summed E-state index contributed by atoms with van der Waals surface area (Å²) in [5, 5.41) is 3.61. The van der Waals surface area contributed by atoms with Crippen LogP contribution in [0.5, 0.6) is 0 Å². The van der Waals surface area contributed by atoms with Gasteiger partial charge in [0.05, 0.1) is 0 Å². The first-order valence-corrected chi connectivity index (χ1v) is 8.27. The number of hydrogen-bond acceptors (Lipinski definition) is 3. The first-order valence-electron chi connectivity index (χ1n) is 8.27. The third-order valence-electron chi connectivity index (χ3n) is 4.49. The molecule has 1 aliphatic rings. The molecule has 0 aromatic heterocycles. The van der Waals surface area contributed by atoms with Crippen molar-refractivity contribution < 1.29 is 0 Å². The van der Waals surface area contributed by atoms with E-state index in [0.717, 1.165) is 25.0 Å². The van der Waals surface area contributed by atoms with Gasteiger partial charge in [0.1, 0.15) is 0 Å². The highest BCUT2D eigenvalue weighted by Gasteiger charge is 2.28. The summed E-state index contributed by atoms with van der Waals surface area (Å²) in [6.07, 6.45) is 2.63. The minimum absolute atomic E-state index is 0.674. The second-order valence-corrected chi connectivity index (χ2v) is 6.39. The molecule has 0 radical (unpaired) electrons. The highest BCUT2D eigenvalue weighted by Crippen LogP contribution is 2.17. The quantitative estimate of drug-likeness (QED) is 0.649. The van der Waals surface area contributed by atoms with Gasteiger partial charge in [-0.05, 0) is 45.3 Å². The van der Waals surface area contributed by atoms with Crippen LogP contribution in [0.15, 0.2) is 0 Å². The third kappa shape index (κ3) is 5.80. The molecule has 3 heteroatoms. The van der Waals surface area contributed by atoms with Crippen LogP contribution in [0.2, 0.25) is 0 Å². The molecule has 1 heterocycles. The largest absolute Gasteiger partial charge is 0.315 e. The molecule has 1 saturated heterocycles. The molecular weight excluding hydrogens is 234 g/mol. The van der Waals surface area contributed by atoms with E-state index in [2.05, 4.69) is 49.7 Å². The molecule has 1 fully saturated rings. The molecule has 0 aromatic rings. The Bertz CT molecular complexity index is 226. The predicted octanol–water partition coefficient (Wildman–Crippen LogP) is 2.43. The molecule has 19 heavy (non-hydrogen) atoms. The Kier molecular flexibility index (Phi) is 7.96. The van der Waals surface area contributed by atoms with E-state index in [1.165, 1.54) is 39.0 Å². The Hall–Kier alpha value is -0.120. The monoisotopic (exact) mass is 269 g/mol. The van der Waals surface area contributed by atoms with Crippen LogP contribution in [0, 0.1) is 5.92 Å². The first kappa shape index (κ1) is 16.9. The van der Waals surface area contributed by atoms with Gasteiger partial charge in [-0.3, -0.25) is 9.80 Å². The van der Waals surface area contributed by atoms with Gasteiger partial charge in [-0.15, -0.1) is 0 Å². The van der Waals surface area contributed by atoms with Crippen LogP contribution in [0.3, 0.4) is 0 Å². The fourth-order valence-corrected chi connectivity index (χ4v) is 3.04. The van der Waals surface area contributed by atoms with Crippen molar-refractivity contribution in [3.8, 4) is 0 Å². The van der Waals surface area contributed by atoms with Crippen molar-refractivity contribution in [2.75, 3.05) is 39.3 Å². The topological polar surface area (TPSA) is 18.5 Å². The first-order chi connectivity index (χ1) is 9.08. The van der Waals surface area contributed by atoms with Crippen LogP contribution in [-0.2, 0) is 0 Å². The van der Waals surface area contributed by atoms with Crippen molar-refractivity contribution in [1.82, 2.24) is 15.1 Å². The van der Waals surface area contributed by atoms with Crippen LogP contribution in [-0.4, -0.2) is 61.2 Å². The van der Waals surface area contributed by atoms with Crippen molar-refractivity contribution in [3.05, 3.63) is 0 Å². The van der Waals surface area contributed by atoms with Gasteiger partial charge in [0.25, 0.3) is 0 Å². The summed E-state index contributed by atoms with van der Waals surface area (Å²) in [7, 11) is 0. The lowest BCUT2D eigenvalue weighted by atomic mass is 10.1. The molecule has 2 atom stereocenters. The number of nitrogens with one attached hydrogen (secondary N) is 1. The summed E-state index contributed by atoms with van der Waals surface area (Å²) in [6.45, 7) is 18.7. The van der Waals surface area contributed by atoms with E-state index in [4.69, 9.17) is 0 Å². The van der Waals surface area contributed by atoms with Gasteiger partial charge in [-0.1, -0.05) is 27.7 Å². The van der Waals surface area contributed by atoms with E-state index >= 15 is 0 Å². The number of rotatable bonds is 9. The number of likely N-dealkylation sites (N-methyl/N-ethyl adjacent to an activating group) is 1.